The van der Waals surface area contributed by atoms with E-state index in [1.165, 1.54) is 51.1 Å². The summed E-state index contributed by atoms with van der Waals surface area (Å²) >= 11 is 2.88. The predicted octanol–water partition coefficient (Wildman–Crippen LogP) is 3.30. The van der Waals surface area contributed by atoms with E-state index in [0.29, 0.717) is 23.9 Å². The number of alkyl halides is 3. The quantitative estimate of drug-likeness (QED) is 0.566. The van der Waals surface area contributed by atoms with Crippen LogP contribution in [0.5, 0.6) is 5.75 Å². The highest BCUT2D eigenvalue weighted by Gasteiger charge is 2.31. The molecule has 0 saturated heterocycles. The maximum Gasteiger partial charge on any atom is 0.573 e. The Kier molecular flexibility index (Phi) is 5.46. The zero-order valence-electron chi connectivity index (χ0n) is 14.8. The van der Waals surface area contributed by atoms with E-state index in [9.17, 15) is 18.0 Å². The van der Waals surface area contributed by atoms with Crippen molar-refractivity contribution in [2.45, 2.75) is 24.5 Å². The van der Waals surface area contributed by atoms with Gasteiger partial charge in [-0.1, -0.05) is 11.8 Å². The van der Waals surface area contributed by atoms with Crippen LogP contribution in [0.4, 0.5) is 13.2 Å². The molecular formula is C17H14F3N5O2S2. The number of nitrogens with zero attached hydrogens (tertiary/aromatic N) is 5. The normalized spacial score (nSPS) is 14.0. The van der Waals surface area contributed by atoms with Gasteiger partial charge in [-0.15, -0.1) is 29.6 Å². The standard InChI is InChI=1S/C17H14F3N5O2S2/c18-17(19,20)27-13-3-1-12(2-4-13)25-16(21-22-23-25)29-10-15(26)24-7-5-14-11(9-24)6-8-28-14/h1-4,6,8H,5,7,9-10H2. The summed E-state index contributed by atoms with van der Waals surface area (Å²) in [5.74, 6) is -0.193. The first-order chi connectivity index (χ1) is 13.9. The molecular weight excluding hydrogens is 427 g/mol. The lowest BCUT2D eigenvalue weighted by molar-refractivity contribution is -0.274. The molecule has 0 unspecified atom stereocenters. The summed E-state index contributed by atoms with van der Waals surface area (Å²) in [7, 11) is 0. The van der Waals surface area contributed by atoms with Crippen LogP contribution in [-0.2, 0) is 17.8 Å². The van der Waals surface area contributed by atoms with Crippen LogP contribution < -0.4 is 4.74 Å². The van der Waals surface area contributed by atoms with E-state index in [0.717, 1.165) is 6.42 Å². The number of amides is 1. The van der Waals surface area contributed by atoms with Gasteiger partial charge in [-0.3, -0.25) is 4.79 Å². The number of fused-ring (bicyclic) bond motifs is 1. The van der Waals surface area contributed by atoms with Crippen LogP contribution >= 0.6 is 23.1 Å². The molecule has 0 atom stereocenters. The fourth-order valence-electron chi connectivity index (χ4n) is 2.90. The molecule has 0 fully saturated rings. The third kappa shape index (κ3) is 4.70. The minimum Gasteiger partial charge on any atom is -0.406 e. The van der Waals surface area contributed by atoms with Crippen LogP contribution in [0, 0.1) is 0 Å². The molecule has 12 heteroatoms. The lowest BCUT2D eigenvalue weighted by Gasteiger charge is -2.26. The Hall–Kier alpha value is -2.60. The van der Waals surface area contributed by atoms with Crippen molar-refractivity contribution >= 4 is 29.0 Å². The molecule has 0 bridgehead atoms. The summed E-state index contributed by atoms with van der Waals surface area (Å²) in [6.45, 7) is 1.28. The molecule has 1 amide bonds. The van der Waals surface area contributed by atoms with Crippen LogP contribution in [0.3, 0.4) is 0 Å². The highest BCUT2D eigenvalue weighted by atomic mass is 32.2. The van der Waals surface area contributed by atoms with E-state index in [-0.39, 0.29) is 17.4 Å². The van der Waals surface area contributed by atoms with Gasteiger partial charge in [0.2, 0.25) is 11.1 Å². The van der Waals surface area contributed by atoms with Crippen molar-refractivity contribution in [3.05, 3.63) is 46.2 Å². The summed E-state index contributed by atoms with van der Waals surface area (Å²) in [6.07, 6.45) is -3.90. The van der Waals surface area contributed by atoms with E-state index >= 15 is 0 Å². The van der Waals surface area contributed by atoms with Crippen molar-refractivity contribution in [2.75, 3.05) is 12.3 Å². The first-order valence-corrected chi connectivity index (χ1v) is 10.4. The van der Waals surface area contributed by atoms with Gasteiger partial charge in [0.15, 0.2) is 0 Å². The number of halogens is 3. The molecule has 1 aliphatic heterocycles. The van der Waals surface area contributed by atoms with Gasteiger partial charge in [-0.25, -0.2) is 0 Å². The molecule has 0 aliphatic carbocycles. The van der Waals surface area contributed by atoms with Crippen LogP contribution in [0.1, 0.15) is 10.4 Å². The van der Waals surface area contributed by atoms with Crippen molar-refractivity contribution in [3.8, 4) is 11.4 Å². The zero-order valence-corrected chi connectivity index (χ0v) is 16.4. The fraction of sp³-hybridized carbons (Fsp3) is 0.294. The lowest BCUT2D eigenvalue weighted by atomic mass is 10.1. The van der Waals surface area contributed by atoms with Crippen molar-refractivity contribution in [2.24, 2.45) is 0 Å². The maximum atomic E-state index is 12.6. The van der Waals surface area contributed by atoms with E-state index < -0.39 is 6.36 Å². The summed E-state index contributed by atoms with van der Waals surface area (Å²) < 4.78 is 42.0. The maximum absolute atomic E-state index is 12.6. The second-order valence-electron chi connectivity index (χ2n) is 6.14. The second-order valence-corrected chi connectivity index (χ2v) is 8.08. The molecule has 0 saturated carbocycles. The second kappa shape index (κ2) is 8.03. The number of carbonyl (C=O) groups excluding carboxylic acids is 1. The number of thiophene rings is 1. The molecule has 0 radical (unpaired) electrons. The van der Waals surface area contributed by atoms with Crippen molar-refractivity contribution in [1.82, 2.24) is 25.1 Å². The van der Waals surface area contributed by atoms with Gasteiger partial charge in [0.25, 0.3) is 0 Å². The average Bonchev–Trinajstić information content (AvgIpc) is 3.34. The smallest absolute Gasteiger partial charge is 0.406 e. The van der Waals surface area contributed by atoms with E-state index in [2.05, 4.69) is 20.3 Å². The summed E-state index contributed by atoms with van der Waals surface area (Å²) in [4.78, 5) is 15.7. The number of thioether (sulfide) groups is 1. The Bertz CT molecular complexity index is 1000. The largest absolute Gasteiger partial charge is 0.573 e. The van der Waals surface area contributed by atoms with Crippen LogP contribution in [0.25, 0.3) is 5.69 Å². The number of ether oxygens (including phenoxy) is 1. The van der Waals surface area contributed by atoms with Gasteiger partial charge in [-0.05, 0) is 58.1 Å². The minimum atomic E-state index is -4.75. The number of aromatic nitrogens is 4. The highest BCUT2D eigenvalue weighted by Crippen LogP contribution is 2.27. The lowest BCUT2D eigenvalue weighted by Crippen LogP contribution is -2.36. The van der Waals surface area contributed by atoms with Crippen molar-refractivity contribution < 1.29 is 22.7 Å². The third-order valence-electron chi connectivity index (χ3n) is 4.24. The highest BCUT2D eigenvalue weighted by molar-refractivity contribution is 7.99. The van der Waals surface area contributed by atoms with E-state index in [1.54, 1.807) is 16.2 Å². The fourth-order valence-corrected chi connectivity index (χ4v) is 4.58. The number of rotatable bonds is 5. The predicted molar refractivity (Wildman–Crippen MR) is 100 cm³/mol. The molecule has 1 aromatic carbocycles. The first-order valence-electron chi connectivity index (χ1n) is 8.49. The molecule has 3 heterocycles. The van der Waals surface area contributed by atoms with Crippen LogP contribution in [-0.4, -0.2) is 49.7 Å². The number of hydrogen-bond donors (Lipinski definition) is 0. The van der Waals surface area contributed by atoms with Gasteiger partial charge >= 0.3 is 6.36 Å². The van der Waals surface area contributed by atoms with Gasteiger partial charge in [0, 0.05) is 18.0 Å². The Labute approximate surface area is 171 Å². The van der Waals surface area contributed by atoms with Gasteiger partial charge in [0.05, 0.1) is 11.4 Å². The molecule has 4 rings (SSSR count). The molecule has 152 valence electrons. The molecule has 0 N–H and O–H groups in total. The minimum absolute atomic E-state index is 0.0182. The number of benzene rings is 1. The third-order valence-corrected chi connectivity index (χ3v) is 6.17. The first kappa shape index (κ1) is 19.7. The number of tetrazole rings is 1. The number of hydrogen-bond acceptors (Lipinski definition) is 7. The molecule has 3 aromatic rings. The molecule has 1 aliphatic rings. The molecule has 29 heavy (non-hydrogen) atoms. The molecule has 7 nitrogen and oxygen atoms in total. The topological polar surface area (TPSA) is 73.1 Å². The monoisotopic (exact) mass is 441 g/mol. The summed E-state index contributed by atoms with van der Waals surface area (Å²) in [5, 5.41) is 13.8. The SMILES string of the molecule is O=C(CSc1nnnn1-c1ccc(OC(F)(F)F)cc1)N1CCc2sccc2C1. The van der Waals surface area contributed by atoms with Crippen molar-refractivity contribution in [3.63, 3.8) is 0 Å². The van der Waals surface area contributed by atoms with Gasteiger partial charge in [-0.2, -0.15) is 4.68 Å². The number of carbonyl (C=O) groups is 1. The Balaban J connectivity index is 1.39. The van der Waals surface area contributed by atoms with Gasteiger partial charge in [0.1, 0.15) is 5.75 Å². The summed E-state index contributed by atoms with van der Waals surface area (Å²) in [6, 6.07) is 7.21. The zero-order chi connectivity index (χ0) is 20.4. The summed E-state index contributed by atoms with van der Waals surface area (Å²) in [5.41, 5.74) is 1.64. The van der Waals surface area contributed by atoms with E-state index in [1.807, 2.05) is 11.4 Å². The molecule has 0 spiro atoms. The average molecular weight is 441 g/mol. The van der Waals surface area contributed by atoms with Crippen molar-refractivity contribution in [1.29, 1.82) is 0 Å². The van der Waals surface area contributed by atoms with E-state index in [4.69, 9.17) is 0 Å². The van der Waals surface area contributed by atoms with Crippen LogP contribution in [0.2, 0.25) is 0 Å². The van der Waals surface area contributed by atoms with Crippen LogP contribution in [0.15, 0.2) is 40.9 Å². The van der Waals surface area contributed by atoms with Gasteiger partial charge < -0.3 is 9.64 Å². The molecule has 2 aromatic heterocycles. The Morgan fingerprint density at radius 1 is 1.24 bits per heavy atom. The Morgan fingerprint density at radius 3 is 2.79 bits per heavy atom. The Morgan fingerprint density at radius 2 is 2.03 bits per heavy atom.